The summed E-state index contributed by atoms with van der Waals surface area (Å²) in [6.07, 6.45) is 1.30. The topological polar surface area (TPSA) is 80.9 Å². The van der Waals surface area contributed by atoms with E-state index in [0.717, 1.165) is 10.0 Å². The number of H-pyrrole nitrogens is 1. The van der Waals surface area contributed by atoms with Gasteiger partial charge < -0.3 is 5.73 Å². The molecule has 5 nitrogen and oxygen atoms in total. The minimum atomic E-state index is -0.596. The molecule has 1 heterocycles. The molecule has 0 saturated carbocycles. The number of hydrogen-bond acceptors (Lipinski definition) is 3. The van der Waals surface area contributed by atoms with Crippen molar-refractivity contribution in [3.8, 4) is 0 Å². The maximum atomic E-state index is 11.6. The molecular formula is C11H9BrClN3O2. The van der Waals surface area contributed by atoms with E-state index in [9.17, 15) is 9.59 Å². The highest BCUT2D eigenvalue weighted by Gasteiger charge is 2.05. The van der Waals surface area contributed by atoms with E-state index in [1.165, 1.54) is 10.8 Å². The average molecular weight is 331 g/mol. The van der Waals surface area contributed by atoms with Gasteiger partial charge in [-0.25, -0.2) is 4.79 Å². The van der Waals surface area contributed by atoms with Crippen molar-refractivity contribution in [3.05, 3.63) is 60.3 Å². The third-order valence-electron chi connectivity index (χ3n) is 2.42. The largest absolute Gasteiger partial charge is 0.398 e. The second-order valence-corrected chi connectivity index (χ2v) is 5.03. The first kappa shape index (κ1) is 12.9. The molecular weight excluding hydrogens is 321 g/mol. The van der Waals surface area contributed by atoms with Crippen LogP contribution in [0.3, 0.4) is 0 Å². The van der Waals surface area contributed by atoms with Crippen LogP contribution in [0.15, 0.2) is 38.5 Å². The normalized spacial score (nSPS) is 10.6. The summed E-state index contributed by atoms with van der Waals surface area (Å²) in [5, 5.41) is -0.0368. The van der Waals surface area contributed by atoms with E-state index in [2.05, 4.69) is 20.9 Å². The highest BCUT2D eigenvalue weighted by Crippen LogP contribution is 2.19. The molecule has 3 N–H and O–H groups in total. The van der Waals surface area contributed by atoms with E-state index in [0.29, 0.717) is 5.69 Å². The number of nitrogen functional groups attached to an aromatic ring is 1. The smallest absolute Gasteiger partial charge is 0.328 e. The Morgan fingerprint density at radius 1 is 1.39 bits per heavy atom. The summed E-state index contributed by atoms with van der Waals surface area (Å²) in [6, 6.07) is 5.36. The molecule has 0 unspecified atom stereocenters. The Kier molecular flexibility index (Phi) is 3.58. The zero-order valence-corrected chi connectivity index (χ0v) is 11.5. The fourth-order valence-electron chi connectivity index (χ4n) is 1.49. The molecule has 94 valence electrons. The van der Waals surface area contributed by atoms with Gasteiger partial charge in [0.2, 0.25) is 0 Å². The van der Waals surface area contributed by atoms with E-state index in [4.69, 9.17) is 17.3 Å². The molecule has 0 spiro atoms. The maximum absolute atomic E-state index is 11.6. The Bertz CT molecular complexity index is 708. The molecule has 1 aromatic heterocycles. The Morgan fingerprint density at radius 2 is 2.11 bits per heavy atom. The molecule has 2 aromatic rings. The summed E-state index contributed by atoms with van der Waals surface area (Å²) in [6.45, 7) is 0.244. The molecule has 7 heteroatoms. The first-order valence-electron chi connectivity index (χ1n) is 5.00. The lowest BCUT2D eigenvalue weighted by molar-refractivity contribution is 0.722. The summed E-state index contributed by atoms with van der Waals surface area (Å²) < 4.78 is 2.15. The lowest BCUT2D eigenvalue weighted by atomic mass is 10.2. The second kappa shape index (κ2) is 4.99. The quantitative estimate of drug-likeness (QED) is 0.820. The zero-order valence-electron chi connectivity index (χ0n) is 9.11. The second-order valence-electron chi connectivity index (χ2n) is 3.71. The molecule has 0 saturated heterocycles. The molecule has 0 bridgehead atoms. The number of benzene rings is 1. The number of rotatable bonds is 2. The molecule has 0 amide bonds. The molecule has 0 atom stereocenters. The SMILES string of the molecule is Nc1cc(Br)ccc1Cn1cc(Cl)c(=O)[nH]c1=O. The molecule has 0 radical (unpaired) electrons. The molecule has 18 heavy (non-hydrogen) atoms. The van der Waals surface area contributed by atoms with Crippen LogP contribution in [0.2, 0.25) is 5.02 Å². The van der Waals surface area contributed by atoms with E-state index in [1.807, 2.05) is 6.07 Å². The van der Waals surface area contributed by atoms with Crippen molar-refractivity contribution in [1.29, 1.82) is 0 Å². The molecule has 0 aliphatic carbocycles. The van der Waals surface area contributed by atoms with Crippen LogP contribution in [-0.2, 0) is 6.54 Å². The number of aromatic nitrogens is 2. The van der Waals surface area contributed by atoms with Gasteiger partial charge >= 0.3 is 5.69 Å². The van der Waals surface area contributed by atoms with Gasteiger partial charge in [0.1, 0.15) is 5.02 Å². The van der Waals surface area contributed by atoms with E-state index in [1.54, 1.807) is 12.1 Å². The number of halogens is 2. The van der Waals surface area contributed by atoms with Gasteiger partial charge in [-0.15, -0.1) is 0 Å². The predicted octanol–water partition coefficient (Wildman–Crippen LogP) is 1.58. The summed E-state index contributed by atoms with van der Waals surface area (Å²) >= 11 is 8.98. The number of hydrogen-bond donors (Lipinski definition) is 2. The van der Waals surface area contributed by atoms with Crippen molar-refractivity contribution in [1.82, 2.24) is 9.55 Å². The van der Waals surface area contributed by atoms with Crippen molar-refractivity contribution < 1.29 is 0 Å². The van der Waals surface area contributed by atoms with Crippen LogP contribution in [0, 0.1) is 0 Å². The number of nitrogens with one attached hydrogen (secondary N) is 1. The Morgan fingerprint density at radius 3 is 2.78 bits per heavy atom. The predicted molar refractivity (Wildman–Crippen MR) is 74.0 cm³/mol. The molecule has 1 aromatic carbocycles. The van der Waals surface area contributed by atoms with Gasteiger partial charge in [0.25, 0.3) is 5.56 Å². The molecule has 0 fully saturated rings. The fraction of sp³-hybridized carbons (Fsp3) is 0.0909. The van der Waals surface area contributed by atoms with Crippen LogP contribution in [0.5, 0.6) is 0 Å². The fourth-order valence-corrected chi connectivity index (χ4v) is 2.04. The van der Waals surface area contributed by atoms with Crippen LogP contribution in [0.25, 0.3) is 0 Å². The highest BCUT2D eigenvalue weighted by molar-refractivity contribution is 9.10. The van der Waals surface area contributed by atoms with Crippen molar-refractivity contribution >= 4 is 33.2 Å². The zero-order chi connectivity index (χ0) is 13.3. The lowest BCUT2D eigenvalue weighted by Crippen LogP contribution is -2.30. The lowest BCUT2D eigenvalue weighted by Gasteiger charge is -2.08. The van der Waals surface area contributed by atoms with Gasteiger partial charge in [-0.3, -0.25) is 14.3 Å². The van der Waals surface area contributed by atoms with Crippen molar-refractivity contribution in [2.24, 2.45) is 0 Å². The monoisotopic (exact) mass is 329 g/mol. The summed E-state index contributed by atoms with van der Waals surface area (Å²) in [4.78, 5) is 24.8. The third-order valence-corrected chi connectivity index (χ3v) is 3.18. The molecule has 2 rings (SSSR count). The van der Waals surface area contributed by atoms with Gasteiger partial charge in [0.15, 0.2) is 0 Å². The van der Waals surface area contributed by atoms with E-state index in [-0.39, 0.29) is 11.6 Å². The summed E-state index contributed by atoms with van der Waals surface area (Å²) in [7, 11) is 0. The van der Waals surface area contributed by atoms with Crippen molar-refractivity contribution in [2.75, 3.05) is 5.73 Å². The Balaban J connectivity index is 2.43. The Hall–Kier alpha value is -1.53. The summed E-state index contributed by atoms with van der Waals surface area (Å²) in [5.41, 5.74) is 6.04. The van der Waals surface area contributed by atoms with E-state index < -0.39 is 11.2 Å². The first-order valence-corrected chi connectivity index (χ1v) is 6.17. The molecule has 0 aliphatic heterocycles. The van der Waals surface area contributed by atoms with Crippen molar-refractivity contribution in [2.45, 2.75) is 6.54 Å². The highest BCUT2D eigenvalue weighted by atomic mass is 79.9. The maximum Gasteiger partial charge on any atom is 0.328 e. The summed E-state index contributed by atoms with van der Waals surface area (Å²) in [5.74, 6) is 0. The minimum absolute atomic E-state index is 0.0368. The third kappa shape index (κ3) is 2.65. The van der Waals surface area contributed by atoms with Gasteiger partial charge in [0, 0.05) is 16.4 Å². The van der Waals surface area contributed by atoms with Crippen LogP contribution in [-0.4, -0.2) is 9.55 Å². The minimum Gasteiger partial charge on any atom is -0.398 e. The van der Waals surface area contributed by atoms with Crippen molar-refractivity contribution in [3.63, 3.8) is 0 Å². The van der Waals surface area contributed by atoms with Gasteiger partial charge in [0.05, 0.1) is 6.54 Å². The van der Waals surface area contributed by atoms with Gasteiger partial charge in [-0.05, 0) is 17.7 Å². The van der Waals surface area contributed by atoms with Gasteiger partial charge in [-0.2, -0.15) is 0 Å². The number of anilines is 1. The van der Waals surface area contributed by atoms with Crippen LogP contribution in [0.1, 0.15) is 5.56 Å². The van der Waals surface area contributed by atoms with Crippen LogP contribution in [0.4, 0.5) is 5.69 Å². The van der Waals surface area contributed by atoms with E-state index >= 15 is 0 Å². The standard InChI is InChI=1S/C11H9BrClN3O2/c12-7-2-1-6(9(14)3-7)4-16-5-8(13)10(17)15-11(16)18/h1-3,5H,4,14H2,(H,15,17,18). The number of aromatic amines is 1. The number of nitrogens with two attached hydrogens (primary N) is 1. The molecule has 0 aliphatic rings. The van der Waals surface area contributed by atoms with Crippen LogP contribution >= 0.6 is 27.5 Å². The number of nitrogens with zero attached hydrogens (tertiary/aromatic N) is 1. The Labute approximate surface area is 115 Å². The average Bonchev–Trinajstić information content (AvgIpc) is 2.29. The first-order chi connectivity index (χ1) is 8.47. The van der Waals surface area contributed by atoms with Gasteiger partial charge in [-0.1, -0.05) is 33.6 Å². The van der Waals surface area contributed by atoms with Crippen LogP contribution < -0.4 is 17.0 Å².